The summed E-state index contributed by atoms with van der Waals surface area (Å²) in [5.74, 6) is -0.633. The molecule has 104 valence electrons. The van der Waals surface area contributed by atoms with E-state index in [4.69, 9.17) is 16.2 Å². The number of nitrogens with two attached hydrogens (primary N) is 2. The van der Waals surface area contributed by atoms with Crippen molar-refractivity contribution in [3.05, 3.63) is 0 Å². The van der Waals surface area contributed by atoms with Gasteiger partial charge in [-0.05, 0) is 19.3 Å². The molecule has 2 unspecified atom stereocenters. The number of nitrogens with zero attached hydrogens (tertiary/aromatic N) is 1. The molecule has 0 aromatic rings. The van der Waals surface area contributed by atoms with Crippen molar-refractivity contribution < 1.29 is 14.3 Å². The molecule has 0 aromatic heterocycles. The van der Waals surface area contributed by atoms with Gasteiger partial charge >= 0.3 is 0 Å². The number of hydrogen-bond acceptors (Lipinski definition) is 4. The van der Waals surface area contributed by atoms with Crippen molar-refractivity contribution in [3.8, 4) is 0 Å². The van der Waals surface area contributed by atoms with Crippen molar-refractivity contribution in [1.82, 2.24) is 4.90 Å². The summed E-state index contributed by atoms with van der Waals surface area (Å²) in [6, 6.07) is 0. The molecule has 1 rings (SSSR count). The highest BCUT2D eigenvalue weighted by Gasteiger charge is 2.33. The van der Waals surface area contributed by atoms with Gasteiger partial charge in [-0.15, -0.1) is 0 Å². The van der Waals surface area contributed by atoms with Crippen LogP contribution in [0.4, 0.5) is 0 Å². The van der Waals surface area contributed by atoms with Gasteiger partial charge in [0.15, 0.2) is 0 Å². The van der Waals surface area contributed by atoms with Crippen LogP contribution in [0.2, 0.25) is 0 Å². The van der Waals surface area contributed by atoms with Crippen LogP contribution >= 0.6 is 0 Å². The highest BCUT2D eigenvalue weighted by atomic mass is 16.5. The molecule has 0 aromatic carbocycles. The van der Waals surface area contributed by atoms with Crippen LogP contribution in [-0.2, 0) is 14.3 Å². The molecule has 1 heterocycles. The van der Waals surface area contributed by atoms with Crippen LogP contribution in [0.25, 0.3) is 0 Å². The Kier molecular flexibility index (Phi) is 6.07. The van der Waals surface area contributed by atoms with Crippen molar-refractivity contribution in [2.75, 3.05) is 19.6 Å². The van der Waals surface area contributed by atoms with Gasteiger partial charge in [-0.25, -0.2) is 0 Å². The largest absolute Gasteiger partial charge is 0.368 e. The Morgan fingerprint density at radius 2 is 2.11 bits per heavy atom. The normalized spacial score (nSPS) is 23.0. The Hall–Kier alpha value is -1.14. The number of hydrogen-bond donors (Lipinski definition) is 2. The van der Waals surface area contributed by atoms with Crippen LogP contribution < -0.4 is 11.5 Å². The number of rotatable bonds is 7. The topological polar surface area (TPSA) is 98.7 Å². The van der Waals surface area contributed by atoms with Crippen molar-refractivity contribution in [3.63, 3.8) is 0 Å². The number of amides is 2. The fourth-order valence-corrected chi connectivity index (χ4v) is 2.07. The van der Waals surface area contributed by atoms with Gasteiger partial charge in [0.2, 0.25) is 5.91 Å². The minimum Gasteiger partial charge on any atom is -0.368 e. The number of primary amides is 1. The van der Waals surface area contributed by atoms with Gasteiger partial charge < -0.3 is 21.1 Å². The zero-order chi connectivity index (χ0) is 13.5. The zero-order valence-corrected chi connectivity index (χ0v) is 10.9. The first-order valence-corrected chi connectivity index (χ1v) is 6.51. The highest BCUT2D eigenvalue weighted by Crippen LogP contribution is 2.20. The molecule has 0 aliphatic carbocycles. The van der Waals surface area contributed by atoms with Crippen LogP contribution in [-0.4, -0.2) is 48.6 Å². The zero-order valence-electron chi connectivity index (χ0n) is 10.9. The maximum absolute atomic E-state index is 12.2. The van der Waals surface area contributed by atoms with Gasteiger partial charge in [0.1, 0.15) is 6.10 Å². The third-order valence-corrected chi connectivity index (χ3v) is 3.09. The van der Waals surface area contributed by atoms with Gasteiger partial charge in [-0.2, -0.15) is 0 Å². The summed E-state index contributed by atoms with van der Waals surface area (Å²) in [4.78, 5) is 24.7. The standard InChI is InChI=1S/C12H23N3O3/c1-2-3-6-15(8-11(14)16)12(17)10-5-4-9(7-13)18-10/h9-10H,2-8,13H2,1H3,(H2,14,16). The maximum atomic E-state index is 12.2. The van der Waals surface area contributed by atoms with E-state index in [1.54, 1.807) is 0 Å². The number of unbranched alkanes of at least 4 members (excludes halogenated alkanes) is 1. The second-order valence-corrected chi connectivity index (χ2v) is 4.64. The predicted molar refractivity (Wildman–Crippen MR) is 67.6 cm³/mol. The van der Waals surface area contributed by atoms with E-state index in [-0.39, 0.29) is 18.6 Å². The molecule has 1 saturated heterocycles. The molecule has 2 amide bonds. The van der Waals surface area contributed by atoms with E-state index < -0.39 is 12.0 Å². The lowest BCUT2D eigenvalue weighted by molar-refractivity contribution is -0.145. The summed E-state index contributed by atoms with van der Waals surface area (Å²) in [6.07, 6.45) is 2.77. The fourth-order valence-electron chi connectivity index (χ4n) is 2.07. The van der Waals surface area contributed by atoms with E-state index in [0.717, 1.165) is 19.3 Å². The molecule has 0 spiro atoms. The van der Waals surface area contributed by atoms with Crippen molar-refractivity contribution in [2.45, 2.75) is 44.8 Å². The smallest absolute Gasteiger partial charge is 0.252 e. The lowest BCUT2D eigenvalue weighted by Crippen LogP contribution is -2.44. The Morgan fingerprint density at radius 1 is 1.39 bits per heavy atom. The lowest BCUT2D eigenvalue weighted by Gasteiger charge is -2.24. The molecule has 4 N–H and O–H groups in total. The second kappa shape index (κ2) is 7.33. The minimum absolute atomic E-state index is 0.0357. The lowest BCUT2D eigenvalue weighted by atomic mass is 10.1. The highest BCUT2D eigenvalue weighted by molar-refractivity contribution is 5.86. The Bertz CT molecular complexity index is 296. The monoisotopic (exact) mass is 257 g/mol. The summed E-state index contributed by atoms with van der Waals surface area (Å²) in [5, 5.41) is 0. The Balaban J connectivity index is 2.55. The molecular formula is C12H23N3O3. The summed E-state index contributed by atoms with van der Waals surface area (Å²) < 4.78 is 5.55. The third-order valence-electron chi connectivity index (χ3n) is 3.09. The Morgan fingerprint density at radius 3 is 2.61 bits per heavy atom. The molecule has 0 bridgehead atoms. The first-order chi connectivity index (χ1) is 8.58. The molecular weight excluding hydrogens is 234 g/mol. The number of carbonyl (C=O) groups is 2. The molecule has 0 radical (unpaired) electrons. The second-order valence-electron chi connectivity index (χ2n) is 4.64. The van der Waals surface area contributed by atoms with Crippen LogP contribution in [0, 0.1) is 0 Å². The number of carbonyl (C=O) groups excluding carboxylic acids is 2. The van der Waals surface area contributed by atoms with E-state index in [0.29, 0.717) is 19.5 Å². The SMILES string of the molecule is CCCCN(CC(N)=O)C(=O)C1CCC(CN)O1. The van der Waals surface area contributed by atoms with Gasteiger partial charge in [-0.3, -0.25) is 9.59 Å². The summed E-state index contributed by atoms with van der Waals surface area (Å²) in [5.41, 5.74) is 10.7. The van der Waals surface area contributed by atoms with E-state index >= 15 is 0 Å². The van der Waals surface area contributed by atoms with E-state index in [1.807, 2.05) is 6.92 Å². The van der Waals surface area contributed by atoms with Gasteiger partial charge in [0.05, 0.1) is 12.6 Å². The predicted octanol–water partition coefficient (Wildman–Crippen LogP) is -0.393. The molecule has 18 heavy (non-hydrogen) atoms. The molecule has 2 atom stereocenters. The summed E-state index contributed by atoms with van der Waals surface area (Å²) in [6.45, 7) is 2.97. The summed E-state index contributed by atoms with van der Waals surface area (Å²) >= 11 is 0. The quantitative estimate of drug-likeness (QED) is 0.648. The Labute approximate surface area is 108 Å². The van der Waals surface area contributed by atoms with E-state index in [2.05, 4.69) is 0 Å². The number of ether oxygens (including phenoxy) is 1. The van der Waals surface area contributed by atoms with Crippen LogP contribution in [0.1, 0.15) is 32.6 Å². The van der Waals surface area contributed by atoms with E-state index in [1.165, 1.54) is 4.90 Å². The first kappa shape index (κ1) is 14.9. The van der Waals surface area contributed by atoms with Crippen LogP contribution in [0.3, 0.4) is 0 Å². The molecule has 1 aliphatic rings. The molecule has 6 heteroatoms. The van der Waals surface area contributed by atoms with Crippen molar-refractivity contribution in [1.29, 1.82) is 0 Å². The van der Waals surface area contributed by atoms with Gasteiger partial charge in [0.25, 0.3) is 5.91 Å². The fraction of sp³-hybridized carbons (Fsp3) is 0.833. The van der Waals surface area contributed by atoms with Crippen molar-refractivity contribution >= 4 is 11.8 Å². The van der Waals surface area contributed by atoms with Gasteiger partial charge in [0, 0.05) is 13.1 Å². The maximum Gasteiger partial charge on any atom is 0.252 e. The van der Waals surface area contributed by atoms with Crippen LogP contribution in [0.15, 0.2) is 0 Å². The summed E-state index contributed by atoms with van der Waals surface area (Å²) in [7, 11) is 0. The molecule has 1 aliphatic heterocycles. The average molecular weight is 257 g/mol. The molecule has 1 fully saturated rings. The van der Waals surface area contributed by atoms with Crippen LogP contribution in [0.5, 0.6) is 0 Å². The van der Waals surface area contributed by atoms with Crippen molar-refractivity contribution in [2.24, 2.45) is 11.5 Å². The minimum atomic E-state index is -0.493. The van der Waals surface area contributed by atoms with Gasteiger partial charge in [-0.1, -0.05) is 13.3 Å². The third kappa shape index (κ3) is 4.27. The average Bonchev–Trinajstić information content (AvgIpc) is 2.81. The van der Waals surface area contributed by atoms with E-state index in [9.17, 15) is 9.59 Å². The molecule has 0 saturated carbocycles. The first-order valence-electron chi connectivity index (χ1n) is 6.51. The molecule has 6 nitrogen and oxygen atoms in total.